The lowest BCUT2D eigenvalue weighted by Gasteiger charge is -2.24. The Morgan fingerprint density at radius 3 is 2.71 bits per heavy atom. The number of alkyl halides is 2. The summed E-state index contributed by atoms with van der Waals surface area (Å²) in [6.07, 6.45) is 1.11. The zero-order valence-corrected chi connectivity index (χ0v) is 13.7. The van der Waals surface area contributed by atoms with Crippen LogP contribution in [0.3, 0.4) is 0 Å². The number of nitrogens with zero attached hydrogens (tertiary/aromatic N) is 1. The SMILES string of the molecule is CC(C)(C)NCC1CCN(c2ccccc2SC(F)F)C1. The predicted molar refractivity (Wildman–Crippen MR) is 86.4 cm³/mol. The van der Waals surface area contributed by atoms with E-state index in [4.69, 9.17) is 0 Å². The number of anilines is 1. The number of thioether (sulfide) groups is 1. The first kappa shape index (κ1) is 16.6. The van der Waals surface area contributed by atoms with Crippen molar-refractivity contribution in [2.24, 2.45) is 5.92 Å². The first-order chi connectivity index (χ1) is 9.85. The van der Waals surface area contributed by atoms with E-state index in [9.17, 15) is 8.78 Å². The number of para-hydroxylation sites is 1. The molecular weight excluding hydrogens is 290 g/mol. The summed E-state index contributed by atoms with van der Waals surface area (Å²) in [5.41, 5.74) is 1.07. The highest BCUT2D eigenvalue weighted by Crippen LogP contribution is 2.36. The number of hydrogen-bond donors (Lipinski definition) is 1. The first-order valence-corrected chi connectivity index (χ1v) is 8.27. The molecule has 2 rings (SSSR count). The van der Waals surface area contributed by atoms with Crippen LogP contribution in [0.1, 0.15) is 27.2 Å². The predicted octanol–water partition coefficient (Wildman–Crippen LogP) is 4.22. The Labute approximate surface area is 130 Å². The van der Waals surface area contributed by atoms with Crippen LogP contribution in [-0.4, -0.2) is 30.9 Å². The van der Waals surface area contributed by atoms with Gasteiger partial charge in [0.15, 0.2) is 0 Å². The van der Waals surface area contributed by atoms with Crippen LogP contribution in [0, 0.1) is 5.92 Å². The van der Waals surface area contributed by atoms with Crippen molar-refractivity contribution < 1.29 is 8.78 Å². The van der Waals surface area contributed by atoms with Crippen molar-refractivity contribution in [2.45, 2.75) is 43.4 Å². The van der Waals surface area contributed by atoms with Crippen molar-refractivity contribution in [2.75, 3.05) is 24.5 Å². The molecule has 0 spiro atoms. The summed E-state index contributed by atoms with van der Waals surface area (Å²) in [4.78, 5) is 2.91. The number of benzene rings is 1. The molecule has 1 aromatic carbocycles. The van der Waals surface area contributed by atoms with Gasteiger partial charge in [-0.05, 0) is 45.2 Å². The molecule has 21 heavy (non-hydrogen) atoms. The van der Waals surface area contributed by atoms with Crippen LogP contribution in [0.4, 0.5) is 14.5 Å². The molecule has 0 radical (unpaired) electrons. The van der Waals surface area contributed by atoms with E-state index in [0.29, 0.717) is 22.6 Å². The Hall–Kier alpha value is -0.810. The summed E-state index contributed by atoms with van der Waals surface area (Å²) >= 11 is 0.640. The van der Waals surface area contributed by atoms with Gasteiger partial charge in [-0.1, -0.05) is 23.9 Å². The molecule has 1 saturated heterocycles. The average molecular weight is 314 g/mol. The third-order valence-electron chi connectivity index (χ3n) is 3.63. The van der Waals surface area contributed by atoms with Crippen LogP contribution >= 0.6 is 11.8 Å². The summed E-state index contributed by atoms with van der Waals surface area (Å²) in [5.74, 6) is -1.79. The van der Waals surface area contributed by atoms with E-state index in [-0.39, 0.29) is 5.54 Å². The Morgan fingerprint density at radius 2 is 2.05 bits per heavy atom. The lowest BCUT2D eigenvalue weighted by Crippen LogP contribution is -2.39. The van der Waals surface area contributed by atoms with Gasteiger partial charge >= 0.3 is 0 Å². The monoisotopic (exact) mass is 314 g/mol. The Morgan fingerprint density at radius 1 is 1.33 bits per heavy atom. The van der Waals surface area contributed by atoms with E-state index in [2.05, 4.69) is 31.0 Å². The molecule has 1 atom stereocenters. The standard InChI is InChI=1S/C16H24F2N2S/c1-16(2,3)19-10-12-8-9-20(11-12)13-6-4-5-7-14(13)21-15(17)18/h4-7,12,15,19H,8-11H2,1-3H3. The van der Waals surface area contributed by atoms with Crippen LogP contribution in [0.2, 0.25) is 0 Å². The molecule has 0 aliphatic carbocycles. The second kappa shape index (κ2) is 6.97. The molecule has 1 aliphatic rings. The van der Waals surface area contributed by atoms with Crippen LogP contribution in [0.25, 0.3) is 0 Å². The van der Waals surface area contributed by atoms with Gasteiger partial charge in [0.25, 0.3) is 5.76 Å². The normalized spacial score (nSPS) is 19.5. The molecule has 1 N–H and O–H groups in total. The summed E-state index contributed by atoms with van der Waals surface area (Å²) < 4.78 is 25.3. The molecule has 1 fully saturated rings. The minimum absolute atomic E-state index is 0.122. The van der Waals surface area contributed by atoms with Gasteiger partial charge in [-0.25, -0.2) is 0 Å². The van der Waals surface area contributed by atoms with Gasteiger partial charge in [0, 0.05) is 30.1 Å². The molecule has 1 unspecified atom stereocenters. The van der Waals surface area contributed by atoms with Gasteiger partial charge in [0.2, 0.25) is 0 Å². The maximum absolute atomic E-state index is 12.7. The van der Waals surface area contributed by atoms with Crippen LogP contribution in [0.5, 0.6) is 0 Å². The Kier molecular flexibility index (Phi) is 5.49. The van der Waals surface area contributed by atoms with E-state index in [1.54, 1.807) is 6.07 Å². The van der Waals surface area contributed by atoms with Crippen molar-refractivity contribution >= 4 is 17.4 Å². The largest absolute Gasteiger partial charge is 0.370 e. The molecule has 0 bridgehead atoms. The van der Waals surface area contributed by atoms with Gasteiger partial charge in [0.05, 0.1) is 5.69 Å². The molecule has 0 aromatic heterocycles. The number of hydrogen-bond acceptors (Lipinski definition) is 3. The molecule has 118 valence electrons. The number of nitrogens with one attached hydrogen (secondary N) is 1. The van der Waals surface area contributed by atoms with E-state index in [0.717, 1.165) is 31.7 Å². The third kappa shape index (κ3) is 5.15. The van der Waals surface area contributed by atoms with E-state index in [1.807, 2.05) is 18.2 Å². The molecule has 5 heteroatoms. The van der Waals surface area contributed by atoms with E-state index >= 15 is 0 Å². The minimum Gasteiger partial charge on any atom is -0.370 e. The fraction of sp³-hybridized carbons (Fsp3) is 0.625. The summed E-state index contributed by atoms with van der Waals surface area (Å²) in [6.45, 7) is 9.34. The molecule has 2 nitrogen and oxygen atoms in total. The van der Waals surface area contributed by atoms with Crippen molar-refractivity contribution in [3.63, 3.8) is 0 Å². The lowest BCUT2D eigenvalue weighted by atomic mass is 10.1. The van der Waals surface area contributed by atoms with Crippen LogP contribution in [-0.2, 0) is 0 Å². The first-order valence-electron chi connectivity index (χ1n) is 7.39. The zero-order chi connectivity index (χ0) is 15.5. The summed E-state index contributed by atoms with van der Waals surface area (Å²) in [7, 11) is 0. The Balaban J connectivity index is 1.98. The topological polar surface area (TPSA) is 15.3 Å². The van der Waals surface area contributed by atoms with Crippen molar-refractivity contribution in [3.05, 3.63) is 24.3 Å². The second-order valence-corrected chi connectivity index (χ2v) is 7.61. The van der Waals surface area contributed by atoms with Crippen molar-refractivity contribution in [1.82, 2.24) is 5.32 Å². The fourth-order valence-corrected chi connectivity index (χ4v) is 3.25. The van der Waals surface area contributed by atoms with Crippen LogP contribution < -0.4 is 10.2 Å². The average Bonchev–Trinajstić information content (AvgIpc) is 2.84. The quantitative estimate of drug-likeness (QED) is 0.819. The number of halogens is 2. The minimum atomic E-state index is -2.37. The highest BCUT2D eigenvalue weighted by molar-refractivity contribution is 7.99. The molecule has 0 saturated carbocycles. The molecule has 1 heterocycles. The highest BCUT2D eigenvalue weighted by atomic mass is 32.2. The maximum atomic E-state index is 12.7. The molecule has 1 aliphatic heterocycles. The van der Waals surface area contributed by atoms with E-state index in [1.165, 1.54) is 0 Å². The smallest absolute Gasteiger partial charge is 0.288 e. The number of rotatable bonds is 5. The highest BCUT2D eigenvalue weighted by Gasteiger charge is 2.25. The van der Waals surface area contributed by atoms with Crippen molar-refractivity contribution in [3.8, 4) is 0 Å². The summed E-state index contributed by atoms with van der Waals surface area (Å²) in [5, 5.41) is 3.53. The van der Waals surface area contributed by atoms with Gasteiger partial charge in [-0.3, -0.25) is 0 Å². The third-order valence-corrected chi connectivity index (χ3v) is 4.41. The zero-order valence-electron chi connectivity index (χ0n) is 12.9. The molecule has 0 amide bonds. The van der Waals surface area contributed by atoms with E-state index < -0.39 is 5.76 Å². The van der Waals surface area contributed by atoms with Gasteiger partial charge in [-0.15, -0.1) is 0 Å². The molecule has 1 aromatic rings. The van der Waals surface area contributed by atoms with Gasteiger partial charge in [0.1, 0.15) is 0 Å². The Bertz CT molecular complexity index is 460. The molecular formula is C16H24F2N2S. The van der Waals surface area contributed by atoms with Gasteiger partial charge in [-0.2, -0.15) is 8.78 Å². The summed E-state index contributed by atoms with van der Waals surface area (Å²) in [6, 6.07) is 7.48. The maximum Gasteiger partial charge on any atom is 0.288 e. The van der Waals surface area contributed by atoms with Gasteiger partial charge < -0.3 is 10.2 Å². The second-order valence-electron chi connectivity index (χ2n) is 6.58. The van der Waals surface area contributed by atoms with Crippen molar-refractivity contribution in [1.29, 1.82) is 0 Å². The lowest BCUT2D eigenvalue weighted by molar-refractivity contribution is 0.252. The van der Waals surface area contributed by atoms with Crippen LogP contribution in [0.15, 0.2) is 29.2 Å². The fourth-order valence-electron chi connectivity index (χ4n) is 2.58.